The minimum atomic E-state index is -0.590. The number of ketones is 1. The van der Waals surface area contributed by atoms with E-state index in [4.69, 9.17) is 14.2 Å². The van der Waals surface area contributed by atoms with Gasteiger partial charge in [-0.2, -0.15) is 0 Å². The molecule has 2 heterocycles. The lowest BCUT2D eigenvalue weighted by atomic mass is 10.2. The molecule has 1 aliphatic rings. The number of carbonyl (C=O) groups excluding carboxylic acids is 3. The number of nitrogens with one attached hydrogen (secondary N) is 1. The molecule has 3 rings (SSSR count). The molecule has 0 spiro atoms. The van der Waals surface area contributed by atoms with E-state index in [1.54, 1.807) is 24.3 Å². The molecule has 0 aliphatic carbocycles. The predicted octanol–water partition coefficient (Wildman–Crippen LogP) is 2.93. The van der Waals surface area contributed by atoms with Crippen molar-refractivity contribution in [3.63, 3.8) is 0 Å². The van der Waals surface area contributed by atoms with Crippen molar-refractivity contribution >= 4 is 34.7 Å². The van der Waals surface area contributed by atoms with Crippen molar-refractivity contribution in [2.24, 2.45) is 0 Å². The minimum Gasteiger partial charge on any atom is -0.456 e. The number of carbonyl (C=O) groups is 3. The van der Waals surface area contributed by atoms with Crippen molar-refractivity contribution in [1.29, 1.82) is 0 Å². The standard InChI is InChI=1S/C18H17NO6S/c1-11-2-6-16(26-11)13(20)4-7-18(22)23-9-17(21)19-12-3-5-14-15(8-12)25-10-24-14/h2-3,5-6,8H,4,7,9-10H2,1H3,(H,19,21). The van der Waals surface area contributed by atoms with E-state index in [0.717, 1.165) is 4.88 Å². The van der Waals surface area contributed by atoms with Crippen molar-refractivity contribution in [3.8, 4) is 11.5 Å². The quantitative estimate of drug-likeness (QED) is 0.591. The predicted molar refractivity (Wildman–Crippen MR) is 94.8 cm³/mol. The van der Waals surface area contributed by atoms with Gasteiger partial charge in [0.05, 0.1) is 11.3 Å². The van der Waals surface area contributed by atoms with Gasteiger partial charge < -0.3 is 19.5 Å². The maximum absolute atomic E-state index is 11.9. The van der Waals surface area contributed by atoms with E-state index in [1.807, 2.05) is 13.0 Å². The van der Waals surface area contributed by atoms with Crippen LogP contribution in [0.4, 0.5) is 5.69 Å². The Bertz CT molecular complexity index is 844. The van der Waals surface area contributed by atoms with Crippen molar-refractivity contribution in [2.45, 2.75) is 19.8 Å². The first-order valence-electron chi connectivity index (χ1n) is 7.96. The summed E-state index contributed by atoms with van der Waals surface area (Å²) in [5, 5.41) is 2.60. The maximum Gasteiger partial charge on any atom is 0.306 e. The Hall–Kier alpha value is -2.87. The Kier molecular flexibility index (Phi) is 5.52. The first-order valence-corrected chi connectivity index (χ1v) is 8.77. The molecule has 1 amide bonds. The lowest BCUT2D eigenvalue weighted by molar-refractivity contribution is -0.147. The molecular weight excluding hydrogens is 358 g/mol. The highest BCUT2D eigenvalue weighted by Gasteiger charge is 2.16. The second kappa shape index (κ2) is 8.01. The summed E-state index contributed by atoms with van der Waals surface area (Å²) in [6, 6.07) is 8.57. The fraction of sp³-hybridized carbons (Fsp3) is 0.278. The van der Waals surface area contributed by atoms with Crippen LogP contribution in [0.25, 0.3) is 0 Å². The van der Waals surface area contributed by atoms with Crippen LogP contribution in [-0.2, 0) is 14.3 Å². The molecule has 0 saturated carbocycles. The molecule has 26 heavy (non-hydrogen) atoms. The summed E-state index contributed by atoms with van der Waals surface area (Å²) in [5.41, 5.74) is 0.513. The maximum atomic E-state index is 11.9. The van der Waals surface area contributed by atoms with Crippen LogP contribution < -0.4 is 14.8 Å². The molecule has 1 aromatic carbocycles. The molecule has 7 nitrogen and oxygen atoms in total. The molecule has 0 unspecified atom stereocenters. The molecule has 1 aromatic heterocycles. The highest BCUT2D eigenvalue weighted by Crippen LogP contribution is 2.34. The van der Waals surface area contributed by atoms with Gasteiger partial charge in [-0.05, 0) is 31.2 Å². The third-order valence-corrected chi connectivity index (χ3v) is 4.63. The first kappa shape index (κ1) is 17.9. The number of thiophene rings is 1. The number of ether oxygens (including phenoxy) is 3. The fourth-order valence-electron chi connectivity index (χ4n) is 2.31. The Morgan fingerprint density at radius 2 is 1.92 bits per heavy atom. The number of amides is 1. The first-order chi connectivity index (χ1) is 12.5. The lowest BCUT2D eigenvalue weighted by Crippen LogP contribution is -2.21. The van der Waals surface area contributed by atoms with E-state index >= 15 is 0 Å². The monoisotopic (exact) mass is 375 g/mol. The number of anilines is 1. The molecule has 0 bridgehead atoms. The van der Waals surface area contributed by atoms with Gasteiger partial charge in [0, 0.05) is 23.1 Å². The van der Waals surface area contributed by atoms with Gasteiger partial charge in [-0.15, -0.1) is 11.3 Å². The SMILES string of the molecule is Cc1ccc(C(=O)CCC(=O)OCC(=O)Nc2ccc3c(c2)OCO3)s1. The van der Waals surface area contributed by atoms with E-state index in [9.17, 15) is 14.4 Å². The van der Waals surface area contributed by atoms with Crippen LogP contribution in [0.5, 0.6) is 11.5 Å². The molecular formula is C18H17NO6S. The van der Waals surface area contributed by atoms with Gasteiger partial charge in [0.25, 0.3) is 5.91 Å². The van der Waals surface area contributed by atoms with Gasteiger partial charge in [-0.25, -0.2) is 0 Å². The summed E-state index contributed by atoms with van der Waals surface area (Å²) in [7, 11) is 0. The van der Waals surface area contributed by atoms with Gasteiger partial charge in [0.15, 0.2) is 23.9 Å². The molecule has 1 aliphatic heterocycles. The number of benzene rings is 1. The van der Waals surface area contributed by atoms with Gasteiger partial charge in [0.2, 0.25) is 6.79 Å². The highest BCUT2D eigenvalue weighted by molar-refractivity contribution is 7.14. The van der Waals surface area contributed by atoms with Crippen LogP contribution in [0, 0.1) is 6.92 Å². The third-order valence-electron chi connectivity index (χ3n) is 3.59. The summed E-state index contributed by atoms with van der Waals surface area (Å²) in [5.74, 6) is -0.0168. The third kappa shape index (κ3) is 4.60. The smallest absolute Gasteiger partial charge is 0.306 e. The minimum absolute atomic E-state index is 0.0581. The van der Waals surface area contributed by atoms with Gasteiger partial charge >= 0.3 is 5.97 Å². The van der Waals surface area contributed by atoms with Crippen molar-refractivity contribution < 1.29 is 28.6 Å². The average molecular weight is 375 g/mol. The number of aryl methyl sites for hydroxylation is 1. The number of Topliss-reactive ketones (excluding diaryl/α,β-unsaturated/α-hetero) is 1. The Morgan fingerprint density at radius 3 is 2.69 bits per heavy atom. The Labute approximate surface area is 153 Å². The zero-order chi connectivity index (χ0) is 18.5. The zero-order valence-corrected chi connectivity index (χ0v) is 14.9. The number of hydrogen-bond donors (Lipinski definition) is 1. The second-order valence-corrected chi connectivity index (χ2v) is 6.90. The number of fused-ring (bicyclic) bond motifs is 1. The van der Waals surface area contributed by atoms with Crippen LogP contribution in [-0.4, -0.2) is 31.1 Å². The Morgan fingerprint density at radius 1 is 1.12 bits per heavy atom. The van der Waals surface area contributed by atoms with Crippen molar-refractivity contribution in [1.82, 2.24) is 0 Å². The molecule has 2 aromatic rings. The summed E-state index contributed by atoms with van der Waals surface area (Å²) in [4.78, 5) is 37.2. The van der Waals surface area contributed by atoms with Crippen LogP contribution in [0.15, 0.2) is 30.3 Å². The largest absolute Gasteiger partial charge is 0.456 e. The van der Waals surface area contributed by atoms with Crippen LogP contribution >= 0.6 is 11.3 Å². The molecule has 1 N–H and O–H groups in total. The van der Waals surface area contributed by atoms with Gasteiger partial charge in [-0.3, -0.25) is 14.4 Å². The summed E-state index contributed by atoms with van der Waals surface area (Å²) in [6.07, 6.45) is -0.00431. The van der Waals surface area contributed by atoms with Crippen molar-refractivity contribution in [3.05, 3.63) is 40.1 Å². The Balaban J connectivity index is 1.40. The lowest BCUT2D eigenvalue weighted by Gasteiger charge is -2.07. The van der Waals surface area contributed by atoms with Crippen LogP contribution in [0.3, 0.4) is 0 Å². The summed E-state index contributed by atoms with van der Waals surface area (Å²) >= 11 is 1.39. The van der Waals surface area contributed by atoms with Gasteiger partial charge in [-0.1, -0.05) is 0 Å². The van der Waals surface area contributed by atoms with E-state index in [2.05, 4.69) is 5.32 Å². The number of hydrogen-bond acceptors (Lipinski definition) is 7. The zero-order valence-electron chi connectivity index (χ0n) is 14.1. The topological polar surface area (TPSA) is 90.9 Å². The van der Waals surface area contributed by atoms with E-state index in [0.29, 0.717) is 22.1 Å². The number of rotatable bonds is 7. The van der Waals surface area contributed by atoms with E-state index < -0.39 is 18.5 Å². The molecule has 136 valence electrons. The molecule has 8 heteroatoms. The average Bonchev–Trinajstić information content (AvgIpc) is 3.26. The molecule has 0 atom stereocenters. The van der Waals surface area contributed by atoms with E-state index in [-0.39, 0.29) is 25.4 Å². The molecule has 0 fully saturated rings. The molecule has 0 saturated heterocycles. The summed E-state index contributed by atoms with van der Waals surface area (Å²) in [6.45, 7) is 1.64. The summed E-state index contributed by atoms with van der Waals surface area (Å²) < 4.78 is 15.3. The highest BCUT2D eigenvalue weighted by atomic mass is 32.1. The number of esters is 1. The van der Waals surface area contributed by atoms with Crippen LogP contribution in [0.1, 0.15) is 27.4 Å². The molecule has 0 radical (unpaired) electrons. The fourth-order valence-corrected chi connectivity index (χ4v) is 3.15. The van der Waals surface area contributed by atoms with Crippen molar-refractivity contribution in [2.75, 3.05) is 18.7 Å². The second-order valence-electron chi connectivity index (χ2n) is 5.61. The normalized spacial score (nSPS) is 11.9. The van der Waals surface area contributed by atoms with E-state index in [1.165, 1.54) is 11.3 Å². The van der Waals surface area contributed by atoms with Crippen LogP contribution in [0.2, 0.25) is 0 Å². The van der Waals surface area contributed by atoms with Gasteiger partial charge in [0.1, 0.15) is 0 Å².